The second-order valence-corrected chi connectivity index (χ2v) is 6.98. The second kappa shape index (κ2) is 7.33. The van der Waals surface area contributed by atoms with E-state index in [0.29, 0.717) is 13.2 Å². The van der Waals surface area contributed by atoms with Crippen molar-refractivity contribution in [1.82, 2.24) is 10.2 Å². The molecule has 7 nitrogen and oxygen atoms in total. The highest BCUT2D eigenvalue weighted by Crippen LogP contribution is 2.43. The summed E-state index contributed by atoms with van der Waals surface area (Å²) in [6, 6.07) is 0. The SMILES string of the molecule is COC1=CC2=C(C=CCC2)C2=c3c(N4CCOCC4)nncc3=C[N+]12OC.Cl. The van der Waals surface area contributed by atoms with Crippen molar-refractivity contribution in [2.45, 2.75) is 12.8 Å². The zero-order chi connectivity index (χ0) is 18.4. The van der Waals surface area contributed by atoms with E-state index in [9.17, 15) is 0 Å². The van der Waals surface area contributed by atoms with E-state index in [1.54, 1.807) is 14.2 Å². The molecule has 1 aromatic heterocycles. The molecule has 0 N–H and O–H groups in total. The second-order valence-electron chi connectivity index (χ2n) is 6.98. The van der Waals surface area contributed by atoms with Crippen LogP contribution in [0.5, 0.6) is 0 Å². The molecular weight excluding hydrogens is 380 g/mol. The van der Waals surface area contributed by atoms with Crippen molar-refractivity contribution in [3.8, 4) is 0 Å². The third kappa shape index (κ3) is 2.62. The third-order valence-corrected chi connectivity index (χ3v) is 5.65. The highest BCUT2D eigenvalue weighted by Gasteiger charge is 2.49. The molecule has 0 saturated carbocycles. The Labute approximate surface area is 169 Å². The molecule has 8 heteroatoms. The van der Waals surface area contributed by atoms with Gasteiger partial charge in [0.05, 0.1) is 44.1 Å². The van der Waals surface area contributed by atoms with Crippen LogP contribution in [0, 0.1) is 0 Å². The van der Waals surface area contributed by atoms with Crippen LogP contribution in [0.25, 0.3) is 11.9 Å². The molecule has 0 aromatic carbocycles. The van der Waals surface area contributed by atoms with Crippen molar-refractivity contribution in [1.29, 1.82) is 0 Å². The maximum absolute atomic E-state index is 6.06. The summed E-state index contributed by atoms with van der Waals surface area (Å²) in [7, 11) is 3.41. The Balaban J connectivity index is 0.00000192. The summed E-state index contributed by atoms with van der Waals surface area (Å²) in [5, 5.41) is 10.9. The number of anilines is 1. The zero-order valence-electron chi connectivity index (χ0n) is 16.1. The number of aromatic nitrogens is 2. The maximum Gasteiger partial charge on any atom is 0.335 e. The van der Waals surface area contributed by atoms with Crippen LogP contribution in [0.2, 0.25) is 0 Å². The lowest BCUT2D eigenvalue weighted by Gasteiger charge is -2.34. The quantitative estimate of drug-likeness (QED) is 0.705. The van der Waals surface area contributed by atoms with Crippen LogP contribution in [0.4, 0.5) is 5.82 Å². The van der Waals surface area contributed by atoms with E-state index < -0.39 is 0 Å². The molecule has 5 rings (SSSR count). The lowest BCUT2D eigenvalue weighted by atomic mass is 9.91. The van der Waals surface area contributed by atoms with Crippen LogP contribution in [0.15, 0.2) is 41.5 Å². The van der Waals surface area contributed by atoms with Gasteiger partial charge >= 0.3 is 5.88 Å². The first-order chi connectivity index (χ1) is 13.3. The van der Waals surface area contributed by atoms with Gasteiger partial charge in [-0.1, -0.05) is 16.8 Å². The smallest absolute Gasteiger partial charge is 0.335 e. The van der Waals surface area contributed by atoms with E-state index in [0.717, 1.165) is 53.8 Å². The first kappa shape index (κ1) is 19.1. The molecular formula is C20H24ClN4O3+. The third-order valence-electron chi connectivity index (χ3n) is 5.65. The van der Waals surface area contributed by atoms with Crippen LogP contribution in [-0.4, -0.2) is 55.4 Å². The molecule has 1 atom stereocenters. The Morgan fingerprint density at radius 1 is 1.21 bits per heavy atom. The number of hydrogen-bond donors (Lipinski definition) is 0. The Morgan fingerprint density at radius 2 is 2.04 bits per heavy atom. The predicted molar refractivity (Wildman–Crippen MR) is 107 cm³/mol. The number of allylic oxidation sites excluding steroid dienone is 3. The van der Waals surface area contributed by atoms with E-state index in [1.165, 1.54) is 11.1 Å². The molecule has 0 bridgehead atoms. The molecule has 0 amide bonds. The normalized spacial score (nSPS) is 25.3. The summed E-state index contributed by atoms with van der Waals surface area (Å²) < 4.78 is 11.4. The van der Waals surface area contributed by atoms with Crippen molar-refractivity contribution in [2.24, 2.45) is 0 Å². The van der Waals surface area contributed by atoms with Gasteiger partial charge in [0.15, 0.2) is 17.7 Å². The number of quaternary nitrogens is 1. The number of methoxy groups -OCH3 is 1. The minimum atomic E-state index is 0. The number of morpholine rings is 1. The summed E-state index contributed by atoms with van der Waals surface area (Å²) in [6.07, 6.45) is 12.4. The monoisotopic (exact) mass is 403 g/mol. The molecule has 148 valence electrons. The molecule has 28 heavy (non-hydrogen) atoms. The Bertz CT molecular complexity index is 1010. The molecule has 0 spiro atoms. The summed E-state index contributed by atoms with van der Waals surface area (Å²) in [4.78, 5) is 8.32. The Kier molecular flexibility index (Phi) is 5.01. The van der Waals surface area contributed by atoms with Gasteiger partial charge in [-0.05, 0) is 18.4 Å². The van der Waals surface area contributed by atoms with Crippen LogP contribution in [0.1, 0.15) is 12.8 Å². The molecule has 4 heterocycles. The fourth-order valence-corrected chi connectivity index (χ4v) is 4.38. The molecule has 1 saturated heterocycles. The minimum Gasteiger partial charge on any atom is -0.452 e. The molecule has 4 aliphatic rings. The molecule has 1 unspecified atom stereocenters. The Morgan fingerprint density at radius 3 is 2.79 bits per heavy atom. The number of nitrogens with zero attached hydrogens (tertiary/aromatic N) is 4. The summed E-state index contributed by atoms with van der Waals surface area (Å²) in [5.74, 6) is 1.65. The minimum absolute atomic E-state index is 0. The molecule has 1 aromatic rings. The van der Waals surface area contributed by atoms with E-state index in [2.05, 4.69) is 39.5 Å². The van der Waals surface area contributed by atoms with Gasteiger partial charge in [-0.2, -0.15) is 9.94 Å². The first-order valence-electron chi connectivity index (χ1n) is 9.31. The summed E-state index contributed by atoms with van der Waals surface area (Å²) in [5.41, 5.74) is 3.54. The van der Waals surface area contributed by atoms with Gasteiger partial charge in [0.25, 0.3) is 0 Å². The highest BCUT2D eigenvalue weighted by atomic mass is 35.5. The zero-order valence-corrected chi connectivity index (χ0v) is 16.9. The van der Waals surface area contributed by atoms with E-state index >= 15 is 0 Å². The lowest BCUT2D eigenvalue weighted by molar-refractivity contribution is -0.962. The number of fused-ring (bicyclic) bond motifs is 3. The maximum atomic E-state index is 6.06. The van der Waals surface area contributed by atoms with Gasteiger partial charge in [-0.3, -0.25) is 0 Å². The van der Waals surface area contributed by atoms with Crippen LogP contribution in [-0.2, 0) is 14.3 Å². The van der Waals surface area contributed by atoms with Crippen molar-refractivity contribution in [3.05, 3.63) is 51.9 Å². The van der Waals surface area contributed by atoms with E-state index in [4.69, 9.17) is 14.3 Å². The predicted octanol–water partition coefficient (Wildman–Crippen LogP) is 1.12. The fraction of sp³-hybridized carbons (Fsp3) is 0.400. The molecule has 3 aliphatic heterocycles. The average Bonchev–Trinajstić information content (AvgIpc) is 3.09. The lowest BCUT2D eigenvalue weighted by Crippen LogP contribution is -2.45. The largest absolute Gasteiger partial charge is 0.452 e. The van der Waals surface area contributed by atoms with Crippen molar-refractivity contribution in [3.63, 3.8) is 0 Å². The summed E-state index contributed by atoms with van der Waals surface area (Å²) >= 11 is 0. The van der Waals surface area contributed by atoms with Crippen LogP contribution >= 0.6 is 12.4 Å². The topological polar surface area (TPSA) is 56.7 Å². The molecule has 1 aliphatic carbocycles. The van der Waals surface area contributed by atoms with Crippen molar-refractivity contribution >= 4 is 30.1 Å². The number of halogens is 1. The van der Waals surface area contributed by atoms with Gasteiger partial charge < -0.3 is 14.4 Å². The van der Waals surface area contributed by atoms with E-state index in [-0.39, 0.29) is 17.1 Å². The van der Waals surface area contributed by atoms with Gasteiger partial charge in [0.1, 0.15) is 0 Å². The number of hydrogen-bond acceptors (Lipinski definition) is 6. The van der Waals surface area contributed by atoms with Gasteiger partial charge in [-0.25, -0.2) is 0 Å². The van der Waals surface area contributed by atoms with Gasteiger partial charge in [0.2, 0.25) is 0 Å². The molecule has 1 fully saturated rings. The number of rotatable bonds is 3. The Hall–Kier alpha value is -2.19. The first-order valence-corrected chi connectivity index (χ1v) is 9.31. The van der Waals surface area contributed by atoms with Gasteiger partial charge in [0, 0.05) is 24.7 Å². The highest BCUT2D eigenvalue weighted by molar-refractivity contribution is 5.85. The summed E-state index contributed by atoms with van der Waals surface area (Å²) in [6.45, 7) is 3.01. The molecule has 0 radical (unpaired) electrons. The average molecular weight is 404 g/mol. The van der Waals surface area contributed by atoms with Crippen molar-refractivity contribution < 1.29 is 19.0 Å². The van der Waals surface area contributed by atoms with Crippen LogP contribution < -0.4 is 15.3 Å². The van der Waals surface area contributed by atoms with Crippen molar-refractivity contribution in [2.75, 3.05) is 45.4 Å². The standard InChI is InChI=1S/C20H23N4O3.ClH/c1-25-17-11-14-5-3-4-6-16(14)19-18-15(13-24(17,19)26-2)12-21-22-20(18)23-7-9-27-10-8-23;/h4,6,11-13H,3,5,7-10H2,1-2H3;1H/q+1;. The van der Waals surface area contributed by atoms with E-state index in [1.807, 2.05) is 6.20 Å². The number of hydroxylamine groups is 3. The number of ether oxygens (including phenoxy) is 2. The van der Waals surface area contributed by atoms with Crippen LogP contribution in [0.3, 0.4) is 0 Å². The fourth-order valence-electron chi connectivity index (χ4n) is 4.38. The van der Waals surface area contributed by atoms with Gasteiger partial charge in [-0.15, -0.1) is 17.5 Å².